The van der Waals surface area contributed by atoms with Gasteiger partial charge in [0.1, 0.15) is 0 Å². The summed E-state index contributed by atoms with van der Waals surface area (Å²) in [4.78, 5) is 11.2. The highest BCUT2D eigenvalue weighted by atomic mass is 32.1. The van der Waals surface area contributed by atoms with Crippen molar-refractivity contribution in [2.75, 3.05) is 0 Å². The van der Waals surface area contributed by atoms with Gasteiger partial charge in [0.2, 0.25) is 0 Å². The van der Waals surface area contributed by atoms with E-state index < -0.39 is 0 Å². The van der Waals surface area contributed by atoms with E-state index in [9.17, 15) is 0 Å². The molecule has 3 heterocycles. The summed E-state index contributed by atoms with van der Waals surface area (Å²) in [6.45, 7) is 0. The highest BCUT2D eigenvalue weighted by Crippen LogP contribution is 2.36. The SMILES string of the molecule is c1ccc(-c2ccc(-c3cncc4ccccc34)s2)nc1. The number of nitrogens with zero attached hydrogens (tertiary/aromatic N) is 2. The Labute approximate surface area is 126 Å². The predicted octanol–water partition coefficient (Wildman–Crippen LogP) is 5.03. The van der Waals surface area contributed by atoms with Gasteiger partial charge in [0.05, 0.1) is 10.6 Å². The molecule has 2 nitrogen and oxygen atoms in total. The van der Waals surface area contributed by atoms with E-state index in [0.717, 1.165) is 5.69 Å². The zero-order chi connectivity index (χ0) is 14.1. The summed E-state index contributed by atoms with van der Waals surface area (Å²) >= 11 is 1.75. The van der Waals surface area contributed by atoms with Crippen molar-refractivity contribution < 1.29 is 0 Å². The van der Waals surface area contributed by atoms with Gasteiger partial charge in [0.15, 0.2) is 0 Å². The van der Waals surface area contributed by atoms with Crippen LogP contribution in [0.1, 0.15) is 0 Å². The fraction of sp³-hybridized carbons (Fsp3) is 0. The van der Waals surface area contributed by atoms with Crippen LogP contribution in [-0.4, -0.2) is 9.97 Å². The molecule has 0 aliphatic rings. The first-order valence-corrected chi connectivity index (χ1v) is 7.58. The van der Waals surface area contributed by atoms with Gasteiger partial charge < -0.3 is 0 Å². The van der Waals surface area contributed by atoms with Crippen LogP contribution >= 0.6 is 11.3 Å². The Morgan fingerprint density at radius 1 is 0.762 bits per heavy atom. The van der Waals surface area contributed by atoms with Crippen LogP contribution in [0.3, 0.4) is 0 Å². The highest BCUT2D eigenvalue weighted by molar-refractivity contribution is 7.18. The zero-order valence-corrected chi connectivity index (χ0v) is 12.0. The summed E-state index contributed by atoms with van der Waals surface area (Å²) in [6.07, 6.45) is 5.68. The van der Waals surface area contributed by atoms with Gasteiger partial charge in [-0.15, -0.1) is 11.3 Å². The second kappa shape index (κ2) is 5.11. The van der Waals surface area contributed by atoms with Gasteiger partial charge in [-0.3, -0.25) is 9.97 Å². The molecule has 0 radical (unpaired) electrons. The molecule has 0 aliphatic heterocycles. The summed E-state index contributed by atoms with van der Waals surface area (Å²) in [5.74, 6) is 0. The fourth-order valence-corrected chi connectivity index (χ4v) is 3.45. The van der Waals surface area contributed by atoms with Crippen LogP contribution in [0.15, 0.2) is 73.2 Å². The normalized spacial score (nSPS) is 10.9. The van der Waals surface area contributed by atoms with Crippen molar-refractivity contribution in [2.45, 2.75) is 0 Å². The lowest BCUT2D eigenvalue weighted by Gasteiger charge is -2.03. The molecule has 0 saturated carbocycles. The van der Waals surface area contributed by atoms with Crippen molar-refractivity contribution in [1.82, 2.24) is 9.97 Å². The number of benzene rings is 1. The first-order chi connectivity index (χ1) is 10.4. The maximum Gasteiger partial charge on any atom is 0.0801 e. The van der Waals surface area contributed by atoms with Gasteiger partial charge in [-0.1, -0.05) is 30.3 Å². The second-order valence-electron chi connectivity index (χ2n) is 4.79. The maximum absolute atomic E-state index is 4.41. The molecule has 0 fully saturated rings. The minimum absolute atomic E-state index is 1.02. The molecule has 0 unspecified atom stereocenters. The molecule has 4 aromatic rings. The third-order valence-electron chi connectivity index (χ3n) is 3.46. The smallest absolute Gasteiger partial charge is 0.0801 e. The number of fused-ring (bicyclic) bond motifs is 1. The van der Waals surface area contributed by atoms with E-state index in [-0.39, 0.29) is 0 Å². The Balaban J connectivity index is 1.85. The third-order valence-corrected chi connectivity index (χ3v) is 4.60. The Hall–Kier alpha value is -2.52. The molecule has 4 rings (SSSR count). The van der Waals surface area contributed by atoms with Gasteiger partial charge >= 0.3 is 0 Å². The first kappa shape index (κ1) is 12.2. The summed E-state index contributed by atoms with van der Waals surface area (Å²) < 4.78 is 0. The van der Waals surface area contributed by atoms with Crippen molar-refractivity contribution >= 4 is 22.1 Å². The minimum atomic E-state index is 1.02. The van der Waals surface area contributed by atoms with E-state index in [2.05, 4.69) is 40.3 Å². The second-order valence-corrected chi connectivity index (χ2v) is 5.87. The number of hydrogen-bond donors (Lipinski definition) is 0. The number of hydrogen-bond acceptors (Lipinski definition) is 3. The minimum Gasteiger partial charge on any atom is -0.263 e. The molecule has 3 heteroatoms. The lowest BCUT2D eigenvalue weighted by molar-refractivity contribution is 1.34. The molecule has 0 N–H and O–H groups in total. The summed E-state index contributed by atoms with van der Waals surface area (Å²) in [5.41, 5.74) is 2.20. The monoisotopic (exact) mass is 288 g/mol. The first-order valence-electron chi connectivity index (χ1n) is 6.76. The van der Waals surface area contributed by atoms with Crippen LogP contribution in [-0.2, 0) is 0 Å². The number of rotatable bonds is 2. The van der Waals surface area contributed by atoms with E-state index >= 15 is 0 Å². The fourth-order valence-electron chi connectivity index (χ4n) is 2.44. The molecule has 0 amide bonds. The predicted molar refractivity (Wildman–Crippen MR) is 88.3 cm³/mol. The largest absolute Gasteiger partial charge is 0.263 e. The molecule has 1 aromatic carbocycles. The molecule has 0 bridgehead atoms. The van der Waals surface area contributed by atoms with Crippen LogP contribution < -0.4 is 0 Å². The standard InChI is InChI=1S/C18H12N2S/c1-2-6-14-13(5-1)11-19-12-15(14)17-8-9-18(21-17)16-7-3-4-10-20-16/h1-12H. The number of aromatic nitrogens is 2. The lowest BCUT2D eigenvalue weighted by Crippen LogP contribution is -1.80. The molecular formula is C18H12N2S. The van der Waals surface area contributed by atoms with Gasteiger partial charge in [-0.2, -0.15) is 0 Å². The summed E-state index contributed by atoms with van der Waals surface area (Å²) in [5, 5.41) is 2.41. The number of pyridine rings is 2. The molecule has 0 spiro atoms. The van der Waals surface area contributed by atoms with Crippen molar-refractivity contribution in [1.29, 1.82) is 0 Å². The Morgan fingerprint density at radius 3 is 2.52 bits per heavy atom. The Morgan fingerprint density at radius 2 is 1.62 bits per heavy atom. The van der Waals surface area contributed by atoms with E-state index in [4.69, 9.17) is 0 Å². The van der Waals surface area contributed by atoms with Gasteiger partial charge in [-0.25, -0.2) is 0 Å². The average Bonchev–Trinajstić information content (AvgIpc) is 3.05. The van der Waals surface area contributed by atoms with Crippen LogP contribution in [0, 0.1) is 0 Å². The van der Waals surface area contributed by atoms with E-state index in [0.29, 0.717) is 0 Å². The number of thiophene rings is 1. The van der Waals surface area contributed by atoms with Gasteiger partial charge in [0, 0.05) is 34.4 Å². The zero-order valence-electron chi connectivity index (χ0n) is 11.2. The van der Waals surface area contributed by atoms with Crippen molar-refractivity contribution in [3.05, 3.63) is 73.2 Å². The molecule has 21 heavy (non-hydrogen) atoms. The molecule has 0 aliphatic carbocycles. The van der Waals surface area contributed by atoms with E-state index in [1.54, 1.807) is 11.3 Å². The quantitative estimate of drug-likeness (QED) is 0.517. The van der Waals surface area contributed by atoms with Gasteiger partial charge in [0.25, 0.3) is 0 Å². The Kier molecular flexibility index (Phi) is 2.98. The Bertz CT molecular complexity index is 892. The summed E-state index contributed by atoms with van der Waals surface area (Å²) in [6, 6.07) is 18.6. The maximum atomic E-state index is 4.41. The summed E-state index contributed by atoms with van der Waals surface area (Å²) in [7, 11) is 0. The van der Waals surface area contributed by atoms with Crippen molar-refractivity contribution in [3.63, 3.8) is 0 Å². The van der Waals surface area contributed by atoms with E-state index in [1.807, 2.05) is 42.9 Å². The molecule has 3 aromatic heterocycles. The van der Waals surface area contributed by atoms with Crippen molar-refractivity contribution in [3.8, 4) is 21.0 Å². The van der Waals surface area contributed by atoms with E-state index in [1.165, 1.54) is 26.1 Å². The van der Waals surface area contributed by atoms with Crippen LogP contribution in [0.5, 0.6) is 0 Å². The van der Waals surface area contributed by atoms with Gasteiger partial charge in [-0.05, 0) is 29.7 Å². The molecule has 100 valence electrons. The van der Waals surface area contributed by atoms with Crippen LogP contribution in [0.2, 0.25) is 0 Å². The molecule has 0 saturated heterocycles. The van der Waals surface area contributed by atoms with Crippen LogP contribution in [0.25, 0.3) is 31.8 Å². The molecule has 0 atom stereocenters. The average molecular weight is 288 g/mol. The molecular weight excluding hydrogens is 276 g/mol. The lowest BCUT2D eigenvalue weighted by atomic mass is 10.1. The van der Waals surface area contributed by atoms with Crippen LogP contribution in [0.4, 0.5) is 0 Å². The van der Waals surface area contributed by atoms with Crippen molar-refractivity contribution in [2.24, 2.45) is 0 Å². The topological polar surface area (TPSA) is 25.8 Å². The third kappa shape index (κ3) is 2.22. The highest BCUT2D eigenvalue weighted by Gasteiger charge is 2.08.